The van der Waals surface area contributed by atoms with Gasteiger partial charge in [0.25, 0.3) is 0 Å². The first-order valence-electron chi connectivity index (χ1n) is 8.03. The molecule has 1 aromatic carbocycles. The quantitative estimate of drug-likeness (QED) is 0.946. The van der Waals surface area contributed by atoms with Crippen LogP contribution in [0.25, 0.3) is 10.9 Å². The lowest BCUT2D eigenvalue weighted by molar-refractivity contribution is -0.132. The Labute approximate surface area is 130 Å². The number of H-pyrrole nitrogens is 1. The minimum absolute atomic E-state index is 0.0938. The summed E-state index contributed by atoms with van der Waals surface area (Å²) in [7, 11) is 0. The molecule has 4 nitrogen and oxygen atoms in total. The summed E-state index contributed by atoms with van der Waals surface area (Å²) in [6.45, 7) is 2.15. The first-order chi connectivity index (χ1) is 10.6. The van der Waals surface area contributed by atoms with Crippen LogP contribution in [0.1, 0.15) is 44.6 Å². The molecule has 116 valence electrons. The van der Waals surface area contributed by atoms with Crippen LogP contribution in [0.2, 0.25) is 0 Å². The molecule has 1 aliphatic carbocycles. The second-order valence-electron chi connectivity index (χ2n) is 6.14. The molecular weight excluding hydrogens is 276 g/mol. The predicted octanol–water partition coefficient (Wildman–Crippen LogP) is 3.21. The maximum atomic E-state index is 12.1. The molecule has 1 saturated carbocycles. The van der Waals surface area contributed by atoms with Gasteiger partial charge in [-0.3, -0.25) is 9.59 Å². The summed E-state index contributed by atoms with van der Waals surface area (Å²) in [6, 6.07) is 9.71. The van der Waals surface area contributed by atoms with E-state index in [9.17, 15) is 9.59 Å². The molecule has 1 amide bonds. The molecule has 0 bridgehead atoms. The van der Waals surface area contributed by atoms with Crippen molar-refractivity contribution >= 4 is 16.8 Å². The predicted molar refractivity (Wildman–Crippen MR) is 87.7 cm³/mol. The number of nitrogens with zero attached hydrogens (tertiary/aromatic N) is 1. The molecule has 1 heterocycles. The zero-order valence-corrected chi connectivity index (χ0v) is 13.0. The maximum absolute atomic E-state index is 12.1. The zero-order chi connectivity index (χ0) is 15.5. The van der Waals surface area contributed by atoms with Crippen molar-refractivity contribution in [1.82, 2.24) is 9.88 Å². The number of amides is 1. The molecule has 1 aromatic heterocycles. The van der Waals surface area contributed by atoms with Gasteiger partial charge in [0.15, 0.2) is 0 Å². The van der Waals surface area contributed by atoms with Crippen LogP contribution in [-0.4, -0.2) is 21.8 Å². The zero-order valence-electron chi connectivity index (χ0n) is 13.0. The fourth-order valence-corrected chi connectivity index (χ4v) is 3.48. The number of fused-ring (bicyclic) bond motifs is 1. The number of para-hydroxylation sites is 1. The van der Waals surface area contributed by atoms with Crippen LogP contribution in [0.15, 0.2) is 35.1 Å². The molecule has 3 rings (SSSR count). The summed E-state index contributed by atoms with van der Waals surface area (Å²) in [5.74, 6) is 0.0938. The van der Waals surface area contributed by atoms with Gasteiger partial charge in [0, 0.05) is 36.5 Å². The van der Waals surface area contributed by atoms with Crippen LogP contribution in [-0.2, 0) is 11.3 Å². The van der Waals surface area contributed by atoms with Crippen LogP contribution in [0, 0.1) is 0 Å². The summed E-state index contributed by atoms with van der Waals surface area (Å²) in [4.78, 5) is 28.8. The smallest absolute Gasteiger partial charge is 0.248 e. The standard InChI is InChI=1S/C18H22N2O2/c1-13(21)20(15-7-3-2-4-8-15)12-14-11-18(22)19-17-10-6-5-9-16(14)17/h5-6,9-11,15H,2-4,7-8,12H2,1H3,(H,19,22). The van der Waals surface area contributed by atoms with Gasteiger partial charge in [0.05, 0.1) is 0 Å². The van der Waals surface area contributed by atoms with Crippen molar-refractivity contribution in [3.8, 4) is 0 Å². The number of nitrogens with one attached hydrogen (secondary N) is 1. The van der Waals surface area contributed by atoms with E-state index in [-0.39, 0.29) is 11.5 Å². The monoisotopic (exact) mass is 298 g/mol. The molecule has 0 aliphatic heterocycles. The number of aromatic amines is 1. The highest BCUT2D eigenvalue weighted by atomic mass is 16.2. The number of hydrogen-bond donors (Lipinski definition) is 1. The van der Waals surface area contributed by atoms with E-state index in [1.807, 2.05) is 29.2 Å². The summed E-state index contributed by atoms with van der Waals surface area (Å²) < 4.78 is 0. The van der Waals surface area contributed by atoms with Crippen molar-refractivity contribution < 1.29 is 4.79 Å². The lowest BCUT2D eigenvalue weighted by atomic mass is 9.93. The summed E-state index contributed by atoms with van der Waals surface area (Å²) in [6.07, 6.45) is 5.77. The number of aromatic nitrogens is 1. The Morgan fingerprint density at radius 2 is 1.95 bits per heavy atom. The normalized spacial score (nSPS) is 15.9. The fourth-order valence-electron chi connectivity index (χ4n) is 3.48. The number of carbonyl (C=O) groups is 1. The summed E-state index contributed by atoms with van der Waals surface area (Å²) in [5, 5.41) is 1.02. The van der Waals surface area contributed by atoms with Gasteiger partial charge in [-0.25, -0.2) is 0 Å². The molecule has 0 radical (unpaired) electrons. The molecule has 1 fully saturated rings. The van der Waals surface area contributed by atoms with Crippen molar-refractivity contribution in [3.05, 3.63) is 46.2 Å². The molecule has 0 unspecified atom stereocenters. The highest BCUT2D eigenvalue weighted by Gasteiger charge is 2.23. The first kappa shape index (κ1) is 14.8. The van der Waals surface area contributed by atoms with Gasteiger partial charge in [0.1, 0.15) is 0 Å². The molecule has 0 atom stereocenters. The summed E-state index contributed by atoms with van der Waals surface area (Å²) in [5.41, 5.74) is 1.65. The number of rotatable bonds is 3. The third-order valence-corrected chi connectivity index (χ3v) is 4.60. The highest BCUT2D eigenvalue weighted by molar-refractivity contribution is 5.82. The van der Waals surface area contributed by atoms with Gasteiger partial charge < -0.3 is 9.88 Å². The third kappa shape index (κ3) is 3.06. The SMILES string of the molecule is CC(=O)N(Cc1cc(=O)[nH]c2ccccc12)C1CCCCC1. The maximum Gasteiger partial charge on any atom is 0.248 e. The van der Waals surface area contributed by atoms with E-state index in [1.54, 1.807) is 13.0 Å². The number of pyridine rings is 1. The van der Waals surface area contributed by atoms with Crippen LogP contribution in [0.5, 0.6) is 0 Å². The Morgan fingerprint density at radius 1 is 1.23 bits per heavy atom. The van der Waals surface area contributed by atoms with Gasteiger partial charge in [-0.15, -0.1) is 0 Å². The Morgan fingerprint density at radius 3 is 2.68 bits per heavy atom. The van der Waals surface area contributed by atoms with Crippen molar-refractivity contribution in [3.63, 3.8) is 0 Å². The van der Waals surface area contributed by atoms with E-state index in [2.05, 4.69) is 4.98 Å². The average Bonchev–Trinajstić information content (AvgIpc) is 2.52. The van der Waals surface area contributed by atoms with Gasteiger partial charge in [0.2, 0.25) is 11.5 Å². The minimum atomic E-state index is -0.110. The molecule has 2 aromatic rings. The Hall–Kier alpha value is -2.10. The molecule has 4 heteroatoms. The molecule has 1 N–H and O–H groups in total. The number of benzene rings is 1. The van der Waals surface area contributed by atoms with E-state index in [0.29, 0.717) is 12.6 Å². The first-order valence-corrected chi connectivity index (χ1v) is 8.03. The Kier molecular flexibility index (Phi) is 4.27. The van der Waals surface area contributed by atoms with Gasteiger partial charge in [-0.05, 0) is 24.5 Å². The average molecular weight is 298 g/mol. The van der Waals surface area contributed by atoms with Gasteiger partial charge >= 0.3 is 0 Å². The fraction of sp³-hybridized carbons (Fsp3) is 0.444. The van der Waals surface area contributed by atoms with Crippen molar-refractivity contribution in [2.24, 2.45) is 0 Å². The topological polar surface area (TPSA) is 53.2 Å². The largest absolute Gasteiger partial charge is 0.336 e. The van der Waals surface area contributed by atoms with Gasteiger partial charge in [-0.2, -0.15) is 0 Å². The summed E-state index contributed by atoms with van der Waals surface area (Å²) >= 11 is 0. The van der Waals surface area contributed by atoms with Crippen molar-refractivity contribution in [2.75, 3.05) is 0 Å². The Bertz CT molecular complexity index is 729. The van der Waals surface area contributed by atoms with Crippen LogP contribution < -0.4 is 5.56 Å². The second kappa shape index (κ2) is 6.34. The van der Waals surface area contributed by atoms with Crippen LogP contribution in [0.4, 0.5) is 0 Å². The minimum Gasteiger partial charge on any atom is -0.336 e. The van der Waals surface area contributed by atoms with Gasteiger partial charge in [-0.1, -0.05) is 37.5 Å². The molecular formula is C18H22N2O2. The van der Waals surface area contributed by atoms with E-state index >= 15 is 0 Å². The molecule has 1 aliphatic rings. The Balaban J connectivity index is 1.95. The van der Waals surface area contributed by atoms with E-state index in [1.165, 1.54) is 19.3 Å². The lowest BCUT2D eigenvalue weighted by Gasteiger charge is -2.34. The highest BCUT2D eigenvalue weighted by Crippen LogP contribution is 2.25. The molecule has 22 heavy (non-hydrogen) atoms. The van der Waals surface area contributed by atoms with Crippen molar-refractivity contribution in [1.29, 1.82) is 0 Å². The van der Waals surface area contributed by atoms with E-state index < -0.39 is 0 Å². The van der Waals surface area contributed by atoms with Crippen molar-refractivity contribution in [2.45, 2.75) is 51.6 Å². The lowest BCUT2D eigenvalue weighted by Crippen LogP contribution is -2.39. The van der Waals surface area contributed by atoms with Crippen LogP contribution >= 0.6 is 0 Å². The third-order valence-electron chi connectivity index (χ3n) is 4.60. The van der Waals surface area contributed by atoms with E-state index in [4.69, 9.17) is 0 Å². The number of hydrogen-bond acceptors (Lipinski definition) is 2. The number of carbonyl (C=O) groups excluding carboxylic acids is 1. The van der Waals surface area contributed by atoms with E-state index in [0.717, 1.165) is 29.3 Å². The van der Waals surface area contributed by atoms with Crippen LogP contribution in [0.3, 0.4) is 0 Å². The molecule has 0 spiro atoms. The second-order valence-corrected chi connectivity index (χ2v) is 6.14. The molecule has 0 saturated heterocycles.